The third-order valence-corrected chi connectivity index (χ3v) is 22.4. The number of H-pyrrole nitrogens is 1. The monoisotopic (exact) mass is 798 g/mol. The van der Waals surface area contributed by atoms with Crippen molar-refractivity contribution in [3.8, 4) is 0 Å². The number of aromatic amines is 1. The minimum Gasteiger partial charge on any atom is -0.407 e. The maximum absolute atomic E-state index is 13.3. The lowest BCUT2D eigenvalue weighted by atomic mass is 10.0. The minimum atomic E-state index is -2.88. The number of halogens is 1. The lowest BCUT2D eigenvalue weighted by Crippen LogP contribution is -2.68. The average Bonchev–Trinajstić information content (AvgIpc) is 3.10. The largest absolute Gasteiger partial charge is 0.407 e. The highest BCUT2D eigenvalue weighted by Gasteiger charge is 2.55. The second-order valence-electron chi connectivity index (χ2n) is 15.3. The van der Waals surface area contributed by atoms with Crippen LogP contribution in [0.1, 0.15) is 46.9 Å². The van der Waals surface area contributed by atoms with Crippen molar-refractivity contribution in [2.24, 2.45) is 5.92 Å². The van der Waals surface area contributed by atoms with Crippen LogP contribution < -0.4 is 32.0 Å². The number of nitrogens with one attached hydrogen (secondary N) is 1. The first kappa shape index (κ1) is 37.5. The molecule has 0 spiro atoms. The summed E-state index contributed by atoms with van der Waals surface area (Å²) in [5, 5.41) is 4.26. The van der Waals surface area contributed by atoms with Gasteiger partial charge >= 0.3 is 5.69 Å². The summed E-state index contributed by atoms with van der Waals surface area (Å²) in [6.45, 7) is 14.6. The zero-order valence-corrected chi connectivity index (χ0v) is 34.5. The molecule has 6 nitrogen and oxygen atoms in total. The van der Waals surface area contributed by atoms with Crippen molar-refractivity contribution < 1.29 is 8.85 Å². The third-order valence-electron chi connectivity index (χ3n) is 10.1. The van der Waals surface area contributed by atoms with Crippen LogP contribution in [-0.2, 0) is 8.85 Å². The molecule has 266 valence electrons. The summed E-state index contributed by atoms with van der Waals surface area (Å²) in [7, 11) is -5.70. The fraction of sp³-hybridized carbons (Fsp3) is 0.317. The van der Waals surface area contributed by atoms with Gasteiger partial charge in [-0.1, -0.05) is 163 Å². The number of thioether (sulfide) groups is 1. The topological polar surface area (TPSA) is 73.3 Å². The molecular formula is C41H47BrN2O4SSi2. The SMILES string of the molecule is CC(C)(C)[Si](OC[C@H]1[C@H](n2cc(Br)c(=O)[nH]c2=O)S[C@@H]1CO[Si](c1ccccc1)(c1ccccc1)C(C)(C)C)(c1ccccc1)c1ccccc1. The Bertz CT molecular complexity index is 1950. The van der Waals surface area contributed by atoms with E-state index in [0.29, 0.717) is 17.7 Å². The van der Waals surface area contributed by atoms with Crippen LogP contribution in [0.3, 0.4) is 0 Å². The fourth-order valence-electron chi connectivity index (χ4n) is 7.70. The molecule has 0 saturated carbocycles. The van der Waals surface area contributed by atoms with Crippen LogP contribution in [0.25, 0.3) is 0 Å². The molecule has 5 aromatic rings. The smallest absolute Gasteiger partial charge is 0.329 e. The van der Waals surface area contributed by atoms with Gasteiger partial charge in [-0.2, -0.15) is 0 Å². The van der Waals surface area contributed by atoms with Gasteiger partial charge in [-0.25, -0.2) is 4.79 Å². The van der Waals surface area contributed by atoms with Gasteiger partial charge in [-0.3, -0.25) is 14.3 Å². The van der Waals surface area contributed by atoms with Crippen molar-refractivity contribution in [1.29, 1.82) is 0 Å². The molecule has 1 aliphatic rings. The molecule has 0 amide bonds. The number of benzene rings is 4. The van der Waals surface area contributed by atoms with Crippen LogP contribution >= 0.6 is 27.7 Å². The summed E-state index contributed by atoms with van der Waals surface area (Å²) in [5.41, 5.74) is -0.866. The Kier molecular flexibility index (Phi) is 11.0. The Morgan fingerprint density at radius 3 is 1.39 bits per heavy atom. The average molecular weight is 800 g/mol. The highest BCUT2D eigenvalue weighted by atomic mass is 79.9. The molecule has 1 aliphatic heterocycles. The highest BCUT2D eigenvalue weighted by molar-refractivity contribution is 9.10. The fourth-order valence-corrected chi connectivity index (χ4v) is 18.7. The van der Waals surface area contributed by atoms with E-state index in [2.05, 4.69) is 172 Å². The van der Waals surface area contributed by atoms with Crippen molar-refractivity contribution in [3.05, 3.63) is 153 Å². The van der Waals surface area contributed by atoms with Crippen LogP contribution in [0, 0.1) is 5.92 Å². The van der Waals surface area contributed by atoms with Gasteiger partial charge in [0.2, 0.25) is 0 Å². The van der Waals surface area contributed by atoms with E-state index in [1.165, 1.54) is 20.7 Å². The standard InChI is InChI=1S/C41H47BrN2O4SSi2/c1-40(2,3)50(30-19-11-7-12-20-30,31-21-13-8-14-22-31)47-28-34-36(49-38(34)44-27-35(42)37(45)43-39(44)46)29-48-51(41(4,5)6,32-23-15-9-16-24-32)33-25-17-10-18-26-33/h7-27,34,36,38H,28-29H2,1-6H3,(H,43,45,46)/t34-,36-,38-/m1/s1. The van der Waals surface area contributed by atoms with E-state index in [1.807, 2.05) is 12.1 Å². The van der Waals surface area contributed by atoms with Crippen molar-refractivity contribution in [2.75, 3.05) is 13.2 Å². The quantitative estimate of drug-likeness (QED) is 0.151. The van der Waals surface area contributed by atoms with Crippen LogP contribution in [0.4, 0.5) is 0 Å². The molecule has 4 aromatic carbocycles. The van der Waals surface area contributed by atoms with Gasteiger partial charge in [0.15, 0.2) is 0 Å². The Labute approximate surface area is 316 Å². The van der Waals surface area contributed by atoms with Gasteiger partial charge in [-0.15, -0.1) is 11.8 Å². The first-order valence-corrected chi connectivity index (χ1v) is 23.0. The number of rotatable bonds is 11. The molecule has 6 rings (SSSR count). The Balaban J connectivity index is 1.42. The summed E-state index contributed by atoms with van der Waals surface area (Å²) in [6.07, 6.45) is 1.62. The predicted molar refractivity (Wildman–Crippen MR) is 220 cm³/mol. The summed E-state index contributed by atoms with van der Waals surface area (Å²) in [5.74, 6) is -0.0784. The highest BCUT2D eigenvalue weighted by Crippen LogP contribution is 2.52. The number of nitrogens with zero attached hydrogens (tertiary/aromatic N) is 1. The van der Waals surface area contributed by atoms with Crippen LogP contribution in [0.5, 0.6) is 0 Å². The first-order valence-electron chi connectivity index (χ1n) is 17.5. The van der Waals surface area contributed by atoms with Crippen molar-refractivity contribution in [3.63, 3.8) is 0 Å². The molecule has 1 fully saturated rings. The summed E-state index contributed by atoms with van der Waals surface area (Å²) in [4.78, 5) is 28.2. The molecule has 3 atom stereocenters. The van der Waals surface area contributed by atoms with E-state index in [1.54, 1.807) is 22.5 Å². The number of aromatic nitrogens is 2. The first-order chi connectivity index (χ1) is 24.3. The number of hydrogen-bond acceptors (Lipinski definition) is 5. The normalized spacial score (nSPS) is 18.3. The summed E-state index contributed by atoms with van der Waals surface area (Å²) >= 11 is 5.08. The zero-order chi connectivity index (χ0) is 36.4. The molecule has 10 heteroatoms. The second kappa shape index (κ2) is 15.0. The van der Waals surface area contributed by atoms with Gasteiger partial charge in [0.05, 0.1) is 9.85 Å². The van der Waals surface area contributed by atoms with Gasteiger partial charge in [0, 0.05) is 30.6 Å². The lowest BCUT2D eigenvalue weighted by Gasteiger charge is -2.50. The van der Waals surface area contributed by atoms with E-state index in [0.717, 1.165) is 0 Å². The van der Waals surface area contributed by atoms with E-state index < -0.39 is 27.9 Å². The molecule has 2 heterocycles. The minimum absolute atomic E-state index is 0.0347. The van der Waals surface area contributed by atoms with E-state index >= 15 is 0 Å². The van der Waals surface area contributed by atoms with Crippen molar-refractivity contribution >= 4 is 65.1 Å². The summed E-state index contributed by atoms with van der Waals surface area (Å²) < 4.78 is 16.9. The van der Waals surface area contributed by atoms with E-state index in [-0.39, 0.29) is 26.6 Å². The summed E-state index contributed by atoms with van der Waals surface area (Å²) in [6, 6.07) is 42.6. The van der Waals surface area contributed by atoms with Crippen molar-refractivity contribution in [2.45, 2.75) is 62.2 Å². The van der Waals surface area contributed by atoms with E-state index in [9.17, 15) is 9.59 Å². The third kappa shape index (κ3) is 7.11. The molecule has 1 N–H and O–H groups in total. The second-order valence-corrected chi connectivity index (χ2v) is 26.1. The molecular weight excluding hydrogens is 753 g/mol. The van der Waals surface area contributed by atoms with Crippen LogP contribution in [0.2, 0.25) is 10.1 Å². The molecule has 0 unspecified atom stereocenters. The lowest BCUT2D eigenvalue weighted by molar-refractivity contribution is 0.165. The molecule has 1 saturated heterocycles. The predicted octanol–water partition coefficient (Wildman–Crippen LogP) is 6.68. The Morgan fingerprint density at radius 2 is 1.02 bits per heavy atom. The molecule has 0 bridgehead atoms. The van der Waals surface area contributed by atoms with Crippen LogP contribution in [-0.4, -0.2) is 44.6 Å². The van der Waals surface area contributed by atoms with Crippen molar-refractivity contribution in [1.82, 2.24) is 9.55 Å². The number of hydrogen-bond donors (Lipinski definition) is 1. The molecule has 0 radical (unpaired) electrons. The zero-order valence-electron chi connectivity index (χ0n) is 30.1. The van der Waals surface area contributed by atoms with Gasteiger partial charge < -0.3 is 8.85 Å². The molecule has 0 aliphatic carbocycles. The van der Waals surface area contributed by atoms with Gasteiger partial charge in [0.1, 0.15) is 0 Å². The maximum Gasteiger partial charge on any atom is 0.329 e. The molecule has 51 heavy (non-hydrogen) atoms. The Morgan fingerprint density at radius 1 is 0.647 bits per heavy atom. The van der Waals surface area contributed by atoms with Gasteiger partial charge in [-0.05, 0) is 46.8 Å². The van der Waals surface area contributed by atoms with E-state index in [4.69, 9.17) is 8.85 Å². The van der Waals surface area contributed by atoms with Gasteiger partial charge in [0.25, 0.3) is 22.2 Å². The van der Waals surface area contributed by atoms with Crippen LogP contribution in [0.15, 0.2) is 142 Å². The maximum atomic E-state index is 13.3. The Hall–Kier alpha value is -3.26. The molecule has 1 aromatic heterocycles.